The van der Waals surface area contributed by atoms with E-state index in [2.05, 4.69) is 9.05 Å². The molecular formula is C11H17F6O4P. The second-order valence-corrected chi connectivity index (χ2v) is 6.66. The second kappa shape index (κ2) is 8.31. The fourth-order valence-corrected chi connectivity index (χ4v) is 3.74. The Morgan fingerprint density at radius 1 is 1.00 bits per heavy atom. The minimum Gasteiger partial charge on any atom is -0.299 e. The van der Waals surface area contributed by atoms with E-state index in [9.17, 15) is 35.7 Å². The smallest absolute Gasteiger partial charge is 0.299 e. The lowest BCUT2D eigenvalue weighted by atomic mass is 10.1. The number of hydrogen-bond acceptors (Lipinski definition) is 4. The van der Waals surface area contributed by atoms with Gasteiger partial charge in [0.1, 0.15) is 11.4 Å². The largest absolute Gasteiger partial charge is 0.412 e. The highest BCUT2D eigenvalue weighted by molar-refractivity contribution is 7.55. The van der Waals surface area contributed by atoms with Gasteiger partial charge in [-0.05, 0) is 6.42 Å². The van der Waals surface area contributed by atoms with Crippen molar-refractivity contribution in [3.63, 3.8) is 0 Å². The second-order valence-electron chi connectivity index (χ2n) is 4.44. The van der Waals surface area contributed by atoms with Crippen molar-refractivity contribution in [1.82, 2.24) is 0 Å². The van der Waals surface area contributed by atoms with E-state index in [4.69, 9.17) is 0 Å². The summed E-state index contributed by atoms with van der Waals surface area (Å²) >= 11 is 0. The van der Waals surface area contributed by atoms with Crippen LogP contribution in [0, 0.1) is 0 Å². The van der Waals surface area contributed by atoms with Gasteiger partial charge in [-0.3, -0.25) is 18.4 Å². The third kappa shape index (κ3) is 8.14. The molecule has 0 spiro atoms. The highest BCUT2D eigenvalue weighted by atomic mass is 31.2. The molecule has 0 N–H and O–H groups in total. The highest BCUT2D eigenvalue weighted by Crippen LogP contribution is 2.56. The molecule has 0 amide bonds. The van der Waals surface area contributed by atoms with Crippen molar-refractivity contribution in [3.05, 3.63) is 0 Å². The van der Waals surface area contributed by atoms with Gasteiger partial charge >= 0.3 is 19.9 Å². The van der Waals surface area contributed by atoms with Gasteiger partial charge in [0.05, 0.1) is 0 Å². The monoisotopic (exact) mass is 358 g/mol. The van der Waals surface area contributed by atoms with Crippen LogP contribution in [0.5, 0.6) is 0 Å². The van der Waals surface area contributed by atoms with Crippen molar-refractivity contribution < 1.29 is 44.7 Å². The molecule has 0 heterocycles. The van der Waals surface area contributed by atoms with Gasteiger partial charge in [-0.25, -0.2) is 0 Å². The van der Waals surface area contributed by atoms with E-state index in [0.717, 1.165) is 0 Å². The van der Waals surface area contributed by atoms with Crippen LogP contribution in [0.25, 0.3) is 0 Å². The lowest BCUT2D eigenvalue weighted by Crippen LogP contribution is -2.28. The molecule has 11 heteroatoms. The third-order valence-electron chi connectivity index (χ3n) is 2.48. The Hall–Kier alpha value is -0.600. The van der Waals surface area contributed by atoms with Gasteiger partial charge in [0.25, 0.3) is 0 Å². The predicted molar refractivity (Wildman–Crippen MR) is 65.6 cm³/mol. The first kappa shape index (κ1) is 21.4. The first-order valence-corrected chi connectivity index (χ1v) is 8.00. The van der Waals surface area contributed by atoms with Crippen LogP contribution in [0.1, 0.15) is 33.1 Å². The Labute approximate surface area is 123 Å². The first-order valence-electron chi connectivity index (χ1n) is 6.39. The molecule has 0 rings (SSSR count). The summed E-state index contributed by atoms with van der Waals surface area (Å²) in [6.07, 6.45) is -10.0. The van der Waals surface area contributed by atoms with Crippen molar-refractivity contribution in [2.75, 3.05) is 13.2 Å². The van der Waals surface area contributed by atoms with Gasteiger partial charge in [0.2, 0.25) is 0 Å². The van der Waals surface area contributed by atoms with Crippen molar-refractivity contribution in [2.45, 2.75) is 51.1 Å². The zero-order chi connectivity index (χ0) is 17.6. The lowest BCUT2D eigenvalue weighted by molar-refractivity contribution is -0.166. The molecular weight excluding hydrogens is 341 g/mol. The molecule has 0 radical (unpaired) electrons. The van der Waals surface area contributed by atoms with E-state index in [0.29, 0.717) is 0 Å². The molecule has 0 aliphatic heterocycles. The maximum atomic E-state index is 12.3. The molecule has 0 aromatic rings. The number of halogens is 6. The molecule has 1 atom stereocenters. The quantitative estimate of drug-likeness (QED) is 0.450. The summed E-state index contributed by atoms with van der Waals surface area (Å²) in [6.45, 7) is -1.23. The standard InChI is InChI=1S/C11H17F6O4P/c1-3-5-9(8(18)4-2)22(19,20-6-10(12,13)14)21-7-11(15,16)17/h9H,3-7H2,1-2H3. The van der Waals surface area contributed by atoms with Crippen LogP contribution in [0.4, 0.5) is 26.3 Å². The van der Waals surface area contributed by atoms with Gasteiger partial charge in [-0.1, -0.05) is 20.3 Å². The van der Waals surface area contributed by atoms with Crippen LogP contribution in [-0.4, -0.2) is 37.0 Å². The normalized spacial score (nSPS) is 14.9. The zero-order valence-electron chi connectivity index (χ0n) is 12.0. The van der Waals surface area contributed by atoms with E-state index in [1.807, 2.05) is 0 Å². The van der Waals surface area contributed by atoms with E-state index in [1.54, 1.807) is 0 Å². The molecule has 1 unspecified atom stereocenters. The van der Waals surface area contributed by atoms with Crippen LogP contribution in [0.15, 0.2) is 0 Å². The van der Waals surface area contributed by atoms with Crippen LogP contribution in [-0.2, 0) is 18.4 Å². The Balaban J connectivity index is 5.34. The summed E-state index contributed by atoms with van der Waals surface area (Å²) in [4.78, 5) is 11.7. The summed E-state index contributed by atoms with van der Waals surface area (Å²) < 4.78 is 93.7. The van der Waals surface area contributed by atoms with Gasteiger partial charge in [0.15, 0.2) is 13.2 Å². The van der Waals surface area contributed by atoms with Crippen molar-refractivity contribution in [1.29, 1.82) is 0 Å². The number of carbonyl (C=O) groups is 1. The number of ketones is 1. The molecule has 0 saturated carbocycles. The van der Waals surface area contributed by atoms with Crippen molar-refractivity contribution in [2.24, 2.45) is 0 Å². The molecule has 0 aromatic carbocycles. The summed E-state index contributed by atoms with van der Waals surface area (Å²) in [6, 6.07) is 0. The zero-order valence-corrected chi connectivity index (χ0v) is 12.9. The molecule has 0 aromatic heterocycles. The molecule has 0 aliphatic rings. The SMILES string of the molecule is CCCC(C(=O)CC)P(=O)(OCC(F)(F)F)OCC(F)(F)F. The Bertz CT molecular complexity index is 384. The van der Waals surface area contributed by atoms with E-state index >= 15 is 0 Å². The maximum absolute atomic E-state index is 12.3. The Kier molecular flexibility index (Phi) is 8.08. The van der Waals surface area contributed by atoms with E-state index < -0.39 is 44.6 Å². The highest BCUT2D eigenvalue weighted by Gasteiger charge is 2.45. The summed E-state index contributed by atoms with van der Waals surface area (Å²) in [7, 11) is -4.90. The molecule has 0 saturated heterocycles. The number of Topliss-reactive ketones (excluding diaryl/α,β-unsaturated/α-hetero) is 1. The van der Waals surface area contributed by atoms with E-state index in [1.165, 1.54) is 13.8 Å². The van der Waals surface area contributed by atoms with E-state index in [-0.39, 0.29) is 19.3 Å². The lowest BCUT2D eigenvalue weighted by Gasteiger charge is -2.26. The molecule has 0 fully saturated rings. The summed E-state index contributed by atoms with van der Waals surface area (Å²) in [5.74, 6) is -0.769. The Morgan fingerprint density at radius 3 is 1.68 bits per heavy atom. The number of carbonyl (C=O) groups excluding carboxylic acids is 1. The van der Waals surface area contributed by atoms with Crippen molar-refractivity contribution in [3.8, 4) is 0 Å². The molecule has 22 heavy (non-hydrogen) atoms. The van der Waals surface area contributed by atoms with Gasteiger partial charge in [0, 0.05) is 6.42 Å². The van der Waals surface area contributed by atoms with Gasteiger partial charge in [-0.15, -0.1) is 0 Å². The van der Waals surface area contributed by atoms with Gasteiger partial charge < -0.3 is 0 Å². The summed E-state index contributed by atoms with van der Waals surface area (Å²) in [5.41, 5.74) is -1.65. The molecule has 0 aliphatic carbocycles. The Morgan fingerprint density at radius 2 is 1.41 bits per heavy atom. The molecule has 4 nitrogen and oxygen atoms in total. The van der Waals surface area contributed by atoms with Crippen LogP contribution < -0.4 is 0 Å². The van der Waals surface area contributed by atoms with Crippen LogP contribution in [0.2, 0.25) is 0 Å². The maximum Gasteiger partial charge on any atom is 0.412 e. The number of hydrogen-bond donors (Lipinski definition) is 0. The first-order chi connectivity index (χ1) is 9.84. The number of alkyl halides is 6. The minimum atomic E-state index is -4.91. The molecule has 132 valence electrons. The topological polar surface area (TPSA) is 52.6 Å². The minimum absolute atomic E-state index is 0.195. The van der Waals surface area contributed by atoms with Gasteiger partial charge in [-0.2, -0.15) is 26.3 Å². The average Bonchev–Trinajstić information content (AvgIpc) is 2.38. The predicted octanol–water partition coefficient (Wildman–Crippen LogP) is 4.49. The van der Waals surface area contributed by atoms with Crippen molar-refractivity contribution >= 4 is 13.4 Å². The fourth-order valence-electron chi connectivity index (χ4n) is 1.55. The fraction of sp³-hybridized carbons (Fsp3) is 0.909. The van der Waals surface area contributed by atoms with Crippen LogP contribution in [0.3, 0.4) is 0 Å². The average molecular weight is 358 g/mol. The van der Waals surface area contributed by atoms with Crippen LogP contribution >= 0.6 is 7.60 Å². The number of rotatable bonds is 9. The third-order valence-corrected chi connectivity index (χ3v) is 4.77. The summed E-state index contributed by atoms with van der Waals surface area (Å²) in [5, 5.41) is 0. The molecule has 0 bridgehead atoms.